The summed E-state index contributed by atoms with van der Waals surface area (Å²) in [4.78, 5) is 45.8. The fourth-order valence-corrected chi connectivity index (χ4v) is 2.68. The lowest BCUT2D eigenvalue weighted by molar-refractivity contribution is -0.384. The Labute approximate surface area is 150 Å². The normalized spacial score (nSPS) is 15.6. The highest BCUT2D eigenvalue weighted by molar-refractivity contribution is 5.98. The number of nitrogens with zero attached hydrogens (tertiary/aromatic N) is 1. The minimum absolute atomic E-state index is 0.0505. The number of benzene rings is 1. The lowest BCUT2D eigenvalue weighted by atomic mass is 9.96. The standard InChI is InChI=1S/C17H21N3O6/c1-11(15(21)19-17(23)18-13-5-3-2-4-6-13)26-16(22)12-7-9-14(10-8-12)20(24)25/h7-11,13H,2-6H2,1H3,(H2,18,19,21,23)/t11-/m0/s1. The maximum atomic E-state index is 12.0. The summed E-state index contributed by atoms with van der Waals surface area (Å²) < 4.78 is 4.99. The quantitative estimate of drug-likeness (QED) is 0.469. The van der Waals surface area contributed by atoms with E-state index in [0.717, 1.165) is 32.1 Å². The summed E-state index contributed by atoms with van der Waals surface area (Å²) in [6.07, 6.45) is 3.81. The first-order valence-electron chi connectivity index (χ1n) is 8.43. The van der Waals surface area contributed by atoms with Gasteiger partial charge < -0.3 is 10.1 Å². The Balaban J connectivity index is 1.82. The average Bonchev–Trinajstić information content (AvgIpc) is 2.62. The maximum Gasteiger partial charge on any atom is 0.338 e. The number of nitrogens with one attached hydrogen (secondary N) is 2. The van der Waals surface area contributed by atoms with E-state index in [1.807, 2.05) is 0 Å². The van der Waals surface area contributed by atoms with E-state index in [2.05, 4.69) is 10.6 Å². The van der Waals surface area contributed by atoms with Gasteiger partial charge in [-0.1, -0.05) is 19.3 Å². The summed E-state index contributed by atoms with van der Waals surface area (Å²) in [6, 6.07) is 4.24. The number of nitro groups is 1. The third-order valence-corrected chi connectivity index (χ3v) is 4.14. The van der Waals surface area contributed by atoms with Gasteiger partial charge in [-0.05, 0) is 31.9 Å². The van der Waals surface area contributed by atoms with Crippen molar-refractivity contribution in [2.24, 2.45) is 0 Å². The lowest BCUT2D eigenvalue weighted by Crippen LogP contribution is -2.48. The molecule has 140 valence electrons. The Bertz CT molecular complexity index is 682. The van der Waals surface area contributed by atoms with Crippen molar-refractivity contribution in [3.05, 3.63) is 39.9 Å². The minimum Gasteiger partial charge on any atom is -0.449 e. The highest BCUT2D eigenvalue weighted by atomic mass is 16.6. The van der Waals surface area contributed by atoms with Gasteiger partial charge in [0.1, 0.15) is 0 Å². The SMILES string of the molecule is C[C@H](OC(=O)c1ccc([N+](=O)[O-])cc1)C(=O)NC(=O)NC1CCCCC1. The molecule has 9 nitrogen and oxygen atoms in total. The van der Waals surface area contributed by atoms with E-state index in [1.54, 1.807) is 0 Å². The molecule has 1 atom stereocenters. The summed E-state index contributed by atoms with van der Waals surface area (Å²) in [5.74, 6) is -1.55. The van der Waals surface area contributed by atoms with E-state index in [9.17, 15) is 24.5 Å². The number of imide groups is 1. The summed E-state index contributed by atoms with van der Waals surface area (Å²) in [6.45, 7) is 1.34. The molecule has 0 saturated heterocycles. The van der Waals surface area contributed by atoms with E-state index >= 15 is 0 Å². The summed E-state index contributed by atoms with van der Waals surface area (Å²) in [5, 5.41) is 15.5. The number of ether oxygens (including phenoxy) is 1. The van der Waals surface area contributed by atoms with Crippen LogP contribution in [0.4, 0.5) is 10.5 Å². The molecule has 2 N–H and O–H groups in total. The van der Waals surface area contributed by atoms with Crippen molar-refractivity contribution in [3.63, 3.8) is 0 Å². The van der Waals surface area contributed by atoms with Crippen molar-refractivity contribution in [1.82, 2.24) is 10.6 Å². The molecule has 1 aliphatic rings. The van der Waals surface area contributed by atoms with Gasteiger partial charge in [0.2, 0.25) is 0 Å². The molecule has 0 spiro atoms. The molecule has 0 unspecified atom stereocenters. The van der Waals surface area contributed by atoms with Gasteiger partial charge in [0.05, 0.1) is 10.5 Å². The second-order valence-corrected chi connectivity index (χ2v) is 6.15. The molecule has 0 bridgehead atoms. The van der Waals surface area contributed by atoms with Gasteiger partial charge in [-0.15, -0.1) is 0 Å². The molecule has 0 aliphatic heterocycles. The third-order valence-electron chi connectivity index (χ3n) is 4.14. The van der Waals surface area contributed by atoms with Gasteiger partial charge in [0.25, 0.3) is 11.6 Å². The Kier molecular flexibility index (Phi) is 6.65. The van der Waals surface area contributed by atoms with Crippen molar-refractivity contribution in [3.8, 4) is 0 Å². The molecule has 9 heteroatoms. The summed E-state index contributed by atoms with van der Waals surface area (Å²) >= 11 is 0. The zero-order valence-electron chi connectivity index (χ0n) is 14.4. The van der Waals surface area contributed by atoms with Crippen LogP contribution in [0.25, 0.3) is 0 Å². The first kappa shape index (κ1) is 19.4. The maximum absolute atomic E-state index is 12.0. The summed E-state index contributed by atoms with van der Waals surface area (Å²) in [5.41, 5.74) is -0.0892. The van der Waals surface area contributed by atoms with Crippen molar-refractivity contribution in [2.75, 3.05) is 0 Å². The molecule has 1 aromatic carbocycles. The number of rotatable bonds is 5. The number of non-ortho nitro benzene ring substituents is 1. The van der Waals surface area contributed by atoms with E-state index in [1.165, 1.54) is 31.2 Å². The fraction of sp³-hybridized carbons (Fsp3) is 0.471. The van der Waals surface area contributed by atoms with Crippen LogP contribution in [0.5, 0.6) is 0 Å². The monoisotopic (exact) mass is 363 g/mol. The largest absolute Gasteiger partial charge is 0.449 e. The Hall–Kier alpha value is -2.97. The highest BCUT2D eigenvalue weighted by Crippen LogP contribution is 2.17. The van der Waals surface area contributed by atoms with Crippen molar-refractivity contribution >= 4 is 23.6 Å². The molecule has 0 heterocycles. The lowest BCUT2D eigenvalue weighted by Gasteiger charge is -2.23. The molecule has 0 aromatic heterocycles. The number of hydrogen-bond donors (Lipinski definition) is 2. The molecule has 3 amide bonds. The molecule has 1 aromatic rings. The molecule has 2 rings (SSSR count). The van der Waals surface area contributed by atoms with Crippen LogP contribution in [0.15, 0.2) is 24.3 Å². The van der Waals surface area contributed by atoms with Crippen molar-refractivity contribution in [2.45, 2.75) is 51.2 Å². The van der Waals surface area contributed by atoms with Gasteiger partial charge >= 0.3 is 12.0 Å². The number of esters is 1. The molecule has 26 heavy (non-hydrogen) atoms. The van der Waals surface area contributed by atoms with Gasteiger partial charge in [0, 0.05) is 18.2 Å². The highest BCUT2D eigenvalue weighted by Gasteiger charge is 2.23. The Morgan fingerprint density at radius 1 is 1.15 bits per heavy atom. The van der Waals surface area contributed by atoms with E-state index < -0.39 is 28.9 Å². The Morgan fingerprint density at radius 3 is 2.35 bits per heavy atom. The van der Waals surface area contributed by atoms with Gasteiger partial charge in [0.15, 0.2) is 6.10 Å². The van der Waals surface area contributed by atoms with Crippen LogP contribution in [0.3, 0.4) is 0 Å². The number of amides is 3. The Morgan fingerprint density at radius 2 is 1.77 bits per heavy atom. The molecular weight excluding hydrogens is 342 g/mol. The van der Waals surface area contributed by atoms with Gasteiger partial charge in [-0.3, -0.25) is 20.2 Å². The predicted octanol–water partition coefficient (Wildman–Crippen LogP) is 2.30. The van der Waals surface area contributed by atoms with Crippen LogP contribution in [-0.2, 0) is 9.53 Å². The zero-order chi connectivity index (χ0) is 19.1. The molecular formula is C17H21N3O6. The van der Waals surface area contributed by atoms with Gasteiger partial charge in [-0.2, -0.15) is 0 Å². The van der Waals surface area contributed by atoms with Crippen molar-refractivity contribution < 1.29 is 24.0 Å². The topological polar surface area (TPSA) is 128 Å². The number of carbonyl (C=O) groups is 3. The number of carbonyl (C=O) groups excluding carboxylic acids is 3. The molecule has 0 radical (unpaired) electrons. The van der Waals surface area contributed by atoms with Crippen LogP contribution in [-0.4, -0.2) is 35.0 Å². The first-order chi connectivity index (χ1) is 12.4. The van der Waals surface area contributed by atoms with Crippen LogP contribution < -0.4 is 10.6 Å². The molecule has 1 fully saturated rings. The number of urea groups is 1. The fourth-order valence-electron chi connectivity index (χ4n) is 2.68. The predicted molar refractivity (Wildman–Crippen MR) is 91.5 cm³/mol. The minimum atomic E-state index is -1.19. The smallest absolute Gasteiger partial charge is 0.338 e. The third kappa shape index (κ3) is 5.54. The molecule has 1 saturated carbocycles. The van der Waals surface area contributed by atoms with Crippen LogP contribution in [0.1, 0.15) is 49.4 Å². The van der Waals surface area contributed by atoms with Crippen molar-refractivity contribution in [1.29, 1.82) is 0 Å². The number of nitro benzene ring substituents is 1. The van der Waals surface area contributed by atoms with E-state index in [-0.39, 0.29) is 17.3 Å². The van der Waals surface area contributed by atoms with E-state index in [0.29, 0.717) is 0 Å². The van der Waals surface area contributed by atoms with Crippen LogP contribution in [0, 0.1) is 10.1 Å². The summed E-state index contributed by atoms with van der Waals surface area (Å²) in [7, 11) is 0. The molecule has 1 aliphatic carbocycles. The zero-order valence-corrected chi connectivity index (χ0v) is 14.4. The second kappa shape index (κ2) is 8.93. The van der Waals surface area contributed by atoms with Gasteiger partial charge in [-0.25, -0.2) is 9.59 Å². The van der Waals surface area contributed by atoms with Crippen LogP contribution in [0.2, 0.25) is 0 Å². The number of hydrogen-bond acceptors (Lipinski definition) is 6. The van der Waals surface area contributed by atoms with Crippen LogP contribution >= 0.6 is 0 Å². The first-order valence-corrected chi connectivity index (χ1v) is 8.43. The second-order valence-electron chi connectivity index (χ2n) is 6.15. The van der Waals surface area contributed by atoms with E-state index in [4.69, 9.17) is 4.74 Å². The average molecular weight is 363 g/mol.